The first-order chi connectivity index (χ1) is 14.8. The molecule has 1 aromatic heterocycles. The average Bonchev–Trinajstić information content (AvgIpc) is 3.19. The molecule has 0 atom stereocenters. The fourth-order valence-electron chi connectivity index (χ4n) is 2.93. The topological polar surface area (TPSA) is 70.0 Å². The molecule has 0 saturated carbocycles. The van der Waals surface area contributed by atoms with Gasteiger partial charge in [-0.2, -0.15) is 13.2 Å². The number of alkyl halides is 3. The Morgan fingerprint density at radius 1 is 1.06 bits per heavy atom. The van der Waals surface area contributed by atoms with Crippen molar-refractivity contribution in [3.63, 3.8) is 0 Å². The average molecular weight is 479 g/mol. The van der Waals surface area contributed by atoms with E-state index in [1.807, 2.05) is 32.0 Å². The van der Waals surface area contributed by atoms with E-state index in [-0.39, 0.29) is 10.6 Å². The Hall–Kier alpha value is -2.91. The normalized spacial score (nSPS) is 12.6. The van der Waals surface area contributed by atoms with Crippen LogP contribution in [0.4, 0.5) is 18.9 Å². The van der Waals surface area contributed by atoms with E-state index >= 15 is 0 Å². The number of benzene rings is 2. The Kier molecular flexibility index (Phi) is 6.61. The second kappa shape index (κ2) is 8.91. The smallest absolute Gasteiger partial charge is 0.354 e. The summed E-state index contributed by atoms with van der Waals surface area (Å²) in [7, 11) is -3.40. The third kappa shape index (κ3) is 5.66. The van der Waals surface area contributed by atoms with Crippen molar-refractivity contribution in [1.29, 1.82) is 5.41 Å². The van der Waals surface area contributed by atoms with Crippen molar-refractivity contribution in [3.8, 4) is 10.4 Å². The van der Waals surface area contributed by atoms with Crippen LogP contribution in [0.25, 0.3) is 16.1 Å². The van der Waals surface area contributed by atoms with Crippen molar-refractivity contribution in [3.05, 3.63) is 76.7 Å². The minimum Gasteiger partial charge on any atom is -0.354 e. The molecule has 3 aromatic rings. The Morgan fingerprint density at radius 2 is 1.78 bits per heavy atom. The Balaban J connectivity index is 2.05. The van der Waals surface area contributed by atoms with Crippen LogP contribution in [0.2, 0.25) is 0 Å². The van der Waals surface area contributed by atoms with E-state index < -0.39 is 21.7 Å². The van der Waals surface area contributed by atoms with Gasteiger partial charge in [-0.3, -0.25) is 5.41 Å². The van der Waals surface area contributed by atoms with E-state index in [9.17, 15) is 21.6 Å². The third-order valence-corrected chi connectivity index (χ3v) is 6.95. The zero-order chi connectivity index (χ0) is 23.7. The van der Waals surface area contributed by atoms with Crippen LogP contribution in [0.5, 0.6) is 0 Å². The minimum atomic E-state index is -4.78. The second-order valence-corrected chi connectivity index (χ2v) is 10.5. The highest BCUT2D eigenvalue weighted by Gasteiger charge is 2.33. The second-order valence-electron chi connectivity index (χ2n) is 7.38. The predicted octanol–water partition coefficient (Wildman–Crippen LogP) is 6.47. The number of anilines is 1. The molecule has 2 N–H and O–H groups in total. The first-order valence-corrected chi connectivity index (χ1v) is 12.2. The molecule has 0 aliphatic rings. The summed E-state index contributed by atoms with van der Waals surface area (Å²) >= 11 is 1.21. The molecule has 9 heteroatoms. The number of nitrogens with one attached hydrogen (secondary N) is 2. The van der Waals surface area contributed by atoms with Crippen molar-refractivity contribution < 1.29 is 21.6 Å². The molecule has 0 fully saturated rings. The SMILES string of the molecule is Cc1ccc(C)c(N/C(=C\C(=N)C(F)(F)F)c2ccc(-c3cccc(S(C)(=O)=O)c3)s2)c1. The zero-order valence-corrected chi connectivity index (χ0v) is 19.2. The fraction of sp³-hybridized carbons (Fsp3) is 0.174. The number of rotatable bonds is 6. The molecule has 0 radical (unpaired) electrons. The Labute approximate surface area is 188 Å². The molecular formula is C23H21F3N2O2S2. The summed E-state index contributed by atoms with van der Waals surface area (Å²) in [6.07, 6.45) is -2.90. The van der Waals surface area contributed by atoms with Gasteiger partial charge in [0.15, 0.2) is 9.84 Å². The Bertz CT molecular complexity index is 1310. The van der Waals surface area contributed by atoms with Crippen LogP contribution < -0.4 is 5.32 Å². The summed E-state index contributed by atoms with van der Waals surface area (Å²) in [5.74, 6) is 0. The summed E-state index contributed by atoms with van der Waals surface area (Å²) in [5, 5.41) is 10.5. The standard InChI is InChI=1S/C23H21F3N2O2S2/c1-14-7-8-15(2)18(11-14)28-19(13-22(27)23(24,25)26)21-10-9-20(31-21)16-5-4-6-17(12-16)32(3,29)30/h4-13,27-28H,1-3H3/b19-13-,27-22?. The zero-order valence-electron chi connectivity index (χ0n) is 17.5. The number of aryl methyl sites for hydroxylation is 2. The van der Waals surface area contributed by atoms with Gasteiger partial charge in [0.25, 0.3) is 0 Å². The number of thiophene rings is 1. The maximum atomic E-state index is 13.1. The fourth-order valence-corrected chi connectivity index (χ4v) is 4.57. The van der Waals surface area contributed by atoms with Gasteiger partial charge >= 0.3 is 6.18 Å². The number of allylic oxidation sites excluding steroid dienone is 1. The largest absolute Gasteiger partial charge is 0.432 e. The summed E-state index contributed by atoms with van der Waals surface area (Å²) in [6, 6.07) is 15.3. The van der Waals surface area contributed by atoms with Crippen LogP contribution in [0, 0.1) is 19.3 Å². The van der Waals surface area contributed by atoms with Crippen LogP contribution in [0.1, 0.15) is 16.0 Å². The molecular weight excluding hydrogens is 457 g/mol. The van der Waals surface area contributed by atoms with E-state index in [1.54, 1.807) is 24.3 Å². The number of hydrogen-bond donors (Lipinski definition) is 2. The highest BCUT2D eigenvalue weighted by molar-refractivity contribution is 7.90. The van der Waals surface area contributed by atoms with E-state index in [2.05, 4.69) is 5.32 Å². The first kappa shape index (κ1) is 23.7. The lowest BCUT2D eigenvalue weighted by atomic mass is 10.1. The van der Waals surface area contributed by atoms with E-state index in [0.29, 0.717) is 21.0 Å². The molecule has 1 heterocycles. The monoisotopic (exact) mass is 478 g/mol. The molecule has 168 valence electrons. The van der Waals surface area contributed by atoms with Crippen molar-refractivity contribution in [2.24, 2.45) is 0 Å². The summed E-state index contributed by atoms with van der Waals surface area (Å²) in [6.45, 7) is 3.72. The molecule has 0 spiro atoms. The van der Waals surface area contributed by atoms with Gasteiger partial charge in [-0.25, -0.2) is 8.42 Å². The van der Waals surface area contributed by atoms with Crippen LogP contribution in [-0.2, 0) is 9.84 Å². The lowest BCUT2D eigenvalue weighted by molar-refractivity contribution is -0.0583. The molecule has 0 bridgehead atoms. The van der Waals surface area contributed by atoms with Crippen LogP contribution in [-0.4, -0.2) is 26.6 Å². The van der Waals surface area contributed by atoms with E-state index in [4.69, 9.17) is 5.41 Å². The summed E-state index contributed by atoms with van der Waals surface area (Å²) < 4.78 is 63.0. The minimum absolute atomic E-state index is 0.136. The van der Waals surface area contributed by atoms with Gasteiger partial charge < -0.3 is 5.32 Å². The molecule has 32 heavy (non-hydrogen) atoms. The third-order valence-electron chi connectivity index (χ3n) is 4.67. The van der Waals surface area contributed by atoms with Crippen LogP contribution >= 0.6 is 11.3 Å². The van der Waals surface area contributed by atoms with E-state index in [0.717, 1.165) is 23.5 Å². The lowest BCUT2D eigenvalue weighted by Gasteiger charge is -2.14. The number of hydrogen-bond acceptors (Lipinski definition) is 5. The summed E-state index contributed by atoms with van der Waals surface area (Å²) in [5.41, 5.74) is 1.72. The van der Waals surface area contributed by atoms with Crippen molar-refractivity contribution in [2.45, 2.75) is 24.9 Å². The molecule has 3 rings (SSSR count). The Morgan fingerprint density at radius 3 is 2.44 bits per heavy atom. The highest BCUT2D eigenvalue weighted by atomic mass is 32.2. The molecule has 4 nitrogen and oxygen atoms in total. The summed E-state index contributed by atoms with van der Waals surface area (Å²) in [4.78, 5) is 1.34. The van der Waals surface area contributed by atoms with E-state index in [1.165, 1.54) is 23.5 Å². The lowest BCUT2D eigenvalue weighted by Crippen LogP contribution is -2.20. The van der Waals surface area contributed by atoms with Crippen LogP contribution in [0.3, 0.4) is 0 Å². The number of halogens is 3. The molecule has 2 aromatic carbocycles. The van der Waals surface area contributed by atoms with Gasteiger partial charge in [0.2, 0.25) is 0 Å². The van der Waals surface area contributed by atoms with Gasteiger partial charge in [0.1, 0.15) is 5.71 Å². The van der Waals surface area contributed by atoms with Crippen molar-refractivity contribution in [1.82, 2.24) is 0 Å². The number of sulfone groups is 1. The molecule has 0 aliphatic carbocycles. The molecule has 0 aliphatic heterocycles. The first-order valence-electron chi connectivity index (χ1n) is 9.47. The quantitative estimate of drug-likeness (QED) is 0.399. The maximum Gasteiger partial charge on any atom is 0.432 e. The molecule has 0 amide bonds. The van der Waals surface area contributed by atoms with Gasteiger partial charge in [-0.15, -0.1) is 11.3 Å². The highest BCUT2D eigenvalue weighted by Crippen LogP contribution is 2.34. The van der Waals surface area contributed by atoms with Gasteiger partial charge in [-0.1, -0.05) is 24.3 Å². The van der Waals surface area contributed by atoms with Crippen molar-refractivity contribution >= 4 is 38.3 Å². The van der Waals surface area contributed by atoms with Gasteiger partial charge in [-0.05, 0) is 66.9 Å². The molecule has 0 unspecified atom stereocenters. The van der Waals surface area contributed by atoms with Crippen molar-refractivity contribution in [2.75, 3.05) is 11.6 Å². The predicted molar refractivity (Wildman–Crippen MR) is 124 cm³/mol. The van der Waals surface area contributed by atoms with Gasteiger partial charge in [0.05, 0.1) is 15.5 Å². The maximum absolute atomic E-state index is 13.1. The molecule has 0 saturated heterocycles. The van der Waals surface area contributed by atoms with Crippen LogP contribution in [0.15, 0.2) is 65.6 Å². The van der Waals surface area contributed by atoms with Gasteiger partial charge in [0, 0.05) is 16.8 Å².